The van der Waals surface area contributed by atoms with Gasteiger partial charge in [0.25, 0.3) is 5.91 Å². The summed E-state index contributed by atoms with van der Waals surface area (Å²) in [5, 5.41) is 10.4. The van der Waals surface area contributed by atoms with Crippen molar-refractivity contribution in [1.82, 2.24) is 20.4 Å². The van der Waals surface area contributed by atoms with Crippen LogP contribution in [-0.2, 0) is 0 Å². The lowest BCUT2D eigenvalue weighted by molar-refractivity contribution is 0.0649. The second kappa shape index (κ2) is 8.22. The lowest BCUT2D eigenvalue weighted by Gasteiger charge is -2.33. The number of rotatable bonds is 4. The van der Waals surface area contributed by atoms with E-state index in [0.29, 0.717) is 29.4 Å². The molecule has 0 spiro atoms. The zero-order chi connectivity index (χ0) is 17.1. The van der Waals surface area contributed by atoms with Crippen LogP contribution >= 0.6 is 12.4 Å². The van der Waals surface area contributed by atoms with Gasteiger partial charge >= 0.3 is 0 Å². The number of carbonyl (C=O) groups excluding carboxylic acids is 1. The summed E-state index contributed by atoms with van der Waals surface area (Å²) in [6.45, 7) is 4.36. The molecule has 2 N–H and O–H groups in total. The highest BCUT2D eigenvalue weighted by atomic mass is 35.5. The lowest BCUT2D eigenvalue weighted by Crippen LogP contribution is -2.52. The highest BCUT2D eigenvalue weighted by molar-refractivity contribution is 5.93. The summed E-state index contributed by atoms with van der Waals surface area (Å²) < 4.78 is 10.6. The van der Waals surface area contributed by atoms with Crippen LogP contribution in [0.15, 0.2) is 24.3 Å². The molecule has 8 heteroatoms. The normalized spacial score (nSPS) is 16.9. The molecule has 1 atom stereocenters. The Kier molecular flexibility index (Phi) is 6.27. The highest BCUT2D eigenvalue weighted by Crippen LogP contribution is 2.31. The minimum atomic E-state index is -0.0248. The minimum absolute atomic E-state index is 0. The SMILES string of the molecule is COc1ccc(-c2cc(C(=O)N3CCNC[C@@H]3C)[nH]n2)cc1OC.Cl. The van der Waals surface area contributed by atoms with Gasteiger partial charge in [-0.1, -0.05) is 0 Å². The van der Waals surface area contributed by atoms with Crippen molar-refractivity contribution >= 4 is 18.3 Å². The second-order valence-corrected chi connectivity index (χ2v) is 5.79. The van der Waals surface area contributed by atoms with Crippen LogP contribution in [0.2, 0.25) is 0 Å². The van der Waals surface area contributed by atoms with Gasteiger partial charge in [0.15, 0.2) is 11.5 Å². The van der Waals surface area contributed by atoms with Crippen LogP contribution in [-0.4, -0.2) is 60.9 Å². The number of methoxy groups -OCH3 is 2. The predicted octanol–water partition coefficient (Wildman–Crippen LogP) is 1.95. The number of nitrogens with zero attached hydrogens (tertiary/aromatic N) is 2. The van der Waals surface area contributed by atoms with E-state index in [0.717, 1.165) is 18.7 Å². The largest absolute Gasteiger partial charge is 0.493 e. The van der Waals surface area contributed by atoms with Gasteiger partial charge in [-0.15, -0.1) is 12.4 Å². The molecule has 0 aliphatic carbocycles. The molecule has 1 aliphatic rings. The molecule has 1 aromatic heterocycles. The quantitative estimate of drug-likeness (QED) is 0.864. The van der Waals surface area contributed by atoms with E-state index in [-0.39, 0.29) is 24.4 Å². The van der Waals surface area contributed by atoms with Gasteiger partial charge in [0, 0.05) is 31.2 Å². The maximum Gasteiger partial charge on any atom is 0.272 e. The van der Waals surface area contributed by atoms with Gasteiger partial charge in [0.05, 0.1) is 19.9 Å². The highest BCUT2D eigenvalue weighted by Gasteiger charge is 2.25. The molecule has 1 amide bonds. The Morgan fingerprint density at radius 2 is 2.00 bits per heavy atom. The molecule has 1 saturated heterocycles. The topological polar surface area (TPSA) is 79.5 Å². The van der Waals surface area contributed by atoms with Crippen LogP contribution in [0.5, 0.6) is 11.5 Å². The van der Waals surface area contributed by atoms with E-state index in [4.69, 9.17) is 9.47 Å². The van der Waals surface area contributed by atoms with E-state index in [1.54, 1.807) is 20.3 Å². The van der Waals surface area contributed by atoms with Crippen molar-refractivity contribution in [3.8, 4) is 22.8 Å². The third-order valence-corrected chi connectivity index (χ3v) is 4.25. The van der Waals surface area contributed by atoms with E-state index >= 15 is 0 Å². The van der Waals surface area contributed by atoms with Gasteiger partial charge in [0.1, 0.15) is 5.69 Å². The van der Waals surface area contributed by atoms with Gasteiger partial charge in [-0.2, -0.15) is 5.10 Å². The van der Waals surface area contributed by atoms with Crippen molar-refractivity contribution < 1.29 is 14.3 Å². The summed E-state index contributed by atoms with van der Waals surface area (Å²) in [6.07, 6.45) is 0. The number of H-pyrrole nitrogens is 1. The monoisotopic (exact) mass is 366 g/mol. The number of ether oxygens (including phenoxy) is 2. The molecule has 0 unspecified atom stereocenters. The number of hydrogen-bond donors (Lipinski definition) is 2. The molecule has 25 heavy (non-hydrogen) atoms. The van der Waals surface area contributed by atoms with Crippen molar-refractivity contribution in [2.45, 2.75) is 13.0 Å². The Morgan fingerprint density at radius 3 is 2.68 bits per heavy atom. The van der Waals surface area contributed by atoms with Crippen LogP contribution in [0.25, 0.3) is 11.3 Å². The molecule has 2 heterocycles. The summed E-state index contributed by atoms with van der Waals surface area (Å²) in [5.41, 5.74) is 2.05. The summed E-state index contributed by atoms with van der Waals surface area (Å²) >= 11 is 0. The summed E-state index contributed by atoms with van der Waals surface area (Å²) in [7, 11) is 3.18. The first-order valence-corrected chi connectivity index (χ1v) is 7.93. The van der Waals surface area contributed by atoms with Crippen molar-refractivity contribution in [1.29, 1.82) is 0 Å². The van der Waals surface area contributed by atoms with Crippen molar-refractivity contribution in [2.75, 3.05) is 33.9 Å². The average Bonchev–Trinajstić information content (AvgIpc) is 3.11. The first-order chi connectivity index (χ1) is 11.6. The van der Waals surface area contributed by atoms with E-state index in [1.807, 2.05) is 30.0 Å². The molecule has 3 rings (SSSR count). The number of nitrogens with one attached hydrogen (secondary N) is 2. The van der Waals surface area contributed by atoms with Gasteiger partial charge in [-0.3, -0.25) is 9.89 Å². The first kappa shape index (κ1) is 19.1. The van der Waals surface area contributed by atoms with E-state index < -0.39 is 0 Å². The molecule has 0 bridgehead atoms. The predicted molar refractivity (Wildman–Crippen MR) is 97.7 cm³/mol. The Morgan fingerprint density at radius 1 is 1.24 bits per heavy atom. The van der Waals surface area contributed by atoms with Gasteiger partial charge < -0.3 is 19.7 Å². The Balaban J connectivity index is 0.00000225. The molecular formula is C17H23ClN4O3. The van der Waals surface area contributed by atoms with E-state index in [9.17, 15) is 4.79 Å². The van der Waals surface area contributed by atoms with Crippen LogP contribution in [0, 0.1) is 0 Å². The van der Waals surface area contributed by atoms with Gasteiger partial charge in [-0.25, -0.2) is 0 Å². The van der Waals surface area contributed by atoms with Gasteiger partial charge in [-0.05, 0) is 31.2 Å². The molecule has 1 aromatic carbocycles. The maximum atomic E-state index is 12.7. The number of aromatic nitrogens is 2. The average molecular weight is 367 g/mol. The van der Waals surface area contributed by atoms with Crippen LogP contribution in [0.4, 0.5) is 0 Å². The third-order valence-electron chi connectivity index (χ3n) is 4.25. The number of piperazine rings is 1. The minimum Gasteiger partial charge on any atom is -0.493 e. The lowest BCUT2D eigenvalue weighted by atomic mass is 10.1. The van der Waals surface area contributed by atoms with Crippen molar-refractivity contribution in [3.05, 3.63) is 30.0 Å². The summed E-state index contributed by atoms with van der Waals surface area (Å²) in [6, 6.07) is 7.50. The number of carbonyl (C=O) groups is 1. The maximum absolute atomic E-state index is 12.7. The molecule has 0 radical (unpaired) electrons. The standard InChI is InChI=1S/C17H22N4O3.ClH/c1-11-10-18-6-7-21(11)17(22)14-9-13(19-20-14)12-4-5-15(23-2)16(8-12)24-3;/h4-5,8-9,11,18H,6-7,10H2,1-3H3,(H,19,20);1H/t11-;/m0./s1. The third kappa shape index (κ3) is 3.88. The Labute approximate surface area is 153 Å². The number of amides is 1. The smallest absolute Gasteiger partial charge is 0.272 e. The fraction of sp³-hybridized carbons (Fsp3) is 0.412. The fourth-order valence-electron chi connectivity index (χ4n) is 2.87. The Hall–Kier alpha value is -2.25. The van der Waals surface area contributed by atoms with E-state index in [2.05, 4.69) is 15.5 Å². The number of benzene rings is 1. The zero-order valence-corrected chi connectivity index (χ0v) is 15.4. The van der Waals surface area contributed by atoms with Crippen LogP contribution in [0.1, 0.15) is 17.4 Å². The molecule has 1 aliphatic heterocycles. The van der Waals surface area contributed by atoms with Crippen LogP contribution in [0.3, 0.4) is 0 Å². The molecule has 2 aromatic rings. The molecule has 136 valence electrons. The summed E-state index contributed by atoms with van der Waals surface area (Å²) in [5.74, 6) is 1.26. The van der Waals surface area contributed by atoms with Crippen molar-refractivity contribution in [3.63, 3.8) is 0 Å². The first-order valence-electron chi connectivity index (χ1n) is 7.93. The summed E-state index contributed by atoms with van der Waals surface area (Å²) in [4.78, 5) is 14.5. The molecule has 1 fully saturated rings. The zero-order valence-electron chi connectivity index (χ0n) is 14.5. The second-order valence-electron chi connectivity index (χ2n) is 5.79. The number of halogens is 1. The molecule has 7 nitrogen and oxygen atoms in total. The molecule has 0 saturated carbocycles. The van der Waals surface area contributed by atoms with E-state index in [1.165, 1.54) is 0 Å². The molecular weight excluding hydrogens is 344 g/mol. The number of aromatic amines is 1. The van der Waals surface area contributed by atoms with Crippen LogP contribution < -0.4 is 14.8 Å². The number of hydrogen-bond acceptors (Lipinski definition) is 5. The fourth-order valence-corrected chi connectivity index (χ4v) is 2.87. The van der Waals surface area contributed by atoms with Gasteiger partial charge in [0.2, 0.25) is 0 Å². The Bertz CT molecular complexity index is 734. The van der Waals surface area contributed by atoms with Crippen molar-refractivity contribution in [2.24, 2.45) is 0 Å².